The number of nitrogen functional groups attached to an aromatic ring is 1. The van der Waals surface area contributed by atoms with E-state index in [1.807, 2.05) is 0 Å². The molecule has 0 aromatic carbocycles. The Kier molecular flexibility index (Phi) is 2.89. The Hall–Kier alpha value is -1.77. The van der Waals surface area contributed by atoms with Crippen LogP contribution in [0.1, 0.15) is 13.2 Å². The van der Waals surface area contributed by atoms with Crippen molar-refractivity contribution in [3.63, 3.8) is 0 Å². The third-order valence-corrected chi connectivity index (χ3v) is 3.66. The summed E-state index contributed by atoms with van der Waals surface area (Å²) in [6, 6.07) is 1.67. The minimum absolute atomic E-state index is 0.293. The molecule has 1 saturated heterocycles. The van der Waals surface area contributed by atoms with Crippen LogP contribution in [0, 0.1) is 0 Å². The lowest BCUT2D eigenvalue weighted by atomic mass is 9.98. The average molecular weight is 282 g/mol. The molecule has 1 fully saturated rings. The molecular weight excluding hydrogens is 267 g/mol. The zero-order valence-electron chi connectivity index (χ0n) is 10.8. The van der Waals surface area contributed by atoms with Crippen LogP contribution in [-0.4, -0.2) is 49.2 Å². The van der Waals surface area contributed by atoms with E-state index >= 15 is 0 Å². The van der Waals surface area contributed by atoms with Crippen molar-refractivity contribution in [3.8, 4) is 0 Å². The van der Waals surface area contributed by atoms with E-state index < -0.39 is 30.7 Å². The summed E-state index contributed by atoms with van der Waals surface area (Å²) < 4.78 is 21.0. The molecule has 3 heterocycles. The highest BCUT2D eigenvalue weighted by Gasteiger charge is 2.54. The summed E-state index contributed by atoms with van der Waals surface area (Å²) >= 11 is 0. The van der Waals surface area contributed by atoms with Gasteiger partial charge in [-0.3, -0.25) is 0 Å². The summed E-state index contributed by atoms with van der Waals surface area (Å²) in [5.74, 6) is 0.293. The van der Waals surface area contributed by atoms with Gasteiger partial charge in [-0.15, -0.1) is 0 Å². The fraction of sp³-hybridized carbons (Fsp3) is 0.500. The Bertz CT molecular complexity index is 645. The summed E-state index contributed by atoms with van der Waals surface area (Å²) in [5, 5.41) is 20.0. The van der Waals surface area contributed by atoms with Crippen LogP contribution in [0.15, 0.2) is 18.6 Å². The standard InChI is InChI=1S/C12H15FN4O3/c1-12(19)8(13)7(4-18)20-11(12)17-3-2-6-9(14)15-5-16-10(6)17/h2-3,5,7-8,11,18-19H,4H2,1H3,(H2,14,15,16)/t7-,8+,11-,12?/m1/s1. The summed E-state index contributed by atoms with van der Waals surface area (Å²) in [7, 11) is 0. The van der Waals surface area contributed by atoms with Gasteiger partial charge in [0, 0.05) is 6.20 Å². The maximum Gasteiger partial charge on any atom is 0.167 e. The number of aliphatic hydroxyl groups is 2. The molecule has 1 aliphatic heterocycles. The van der Waals surface area contributed by atoms with E-state index in [9.17, 15) is 9.50 Å². The number of aromatic nitrogens is 3. The molecular formula is C12H15FN4O3. The molecule has 108 valence electrons. The quantitative estimate of drug-likeness (QED) is 0.715. The van der Waals surface area contributed by atoms with Crippen molar-refractivity contribution in [1.29, 1.82) is 0 Å². The van der Waals surface area contributed by atoms with Crippen LogP contribution in [0.3, 0.4) is 0 Å². The third kappa shape index (κ3) is 1.69. The van der Waals surface area contributed by atoms with Crippen LogP contribution in [0.5, 0.6) is 0 Å². The second-order valence-electron chi connectivity index (χ2n) is 5.06. The van der Waals surface area contributed by atoms with Gasteiger partial charge in [0.2, 0.25) is 0 Å². The van der Waals surface area contributed by atoms with Crippen LogP contribution in [-0.2, 0) is 4.74 Å². The Morgan fingerprint density at radius 3 is 2.95 bits per heavy atom. The predicted molar refractivity (Wildman–Crippen MR) is 68.5 cm³/mol. The lowest BCUT2D eigenvalue weighted by Crippen LogP contribution is -2.41. The smallest absolute Gasteiger partial charge is 0.167 e. The van der Waals surface area contributed by atoms with Gasteiger partial charge in [0.1, 0.15) is 29.5 Å². The highest BCUT2D eigenvalue weighted by molar-refractivity contribution is 5.86. The van der Waals surface area contributed by atoms with E-state index in [0.29, 0.717) is 16.9 Å². The first-order valence-electron chi connectivity index (χ1n) is 6.16. The van der Waals surface area contributed by atoms with Gasteiger partial charge in [-0.05, 0) is 13.0 Å². The monoisotopic (exact) mass is 282 g/mol. The molecule has 0 radical (unpaired) electrons. The summed E-state index contributed by atoms with van der Waals surface area (Å²) in [6.45, 7) is 0.818. The number of aliphatic hydroxyl groups excluding tert-OH is 1. The molecule has 4 atom stereocenters. The number of alkyl halides is 1. The van der Waals surface area contributed by atoms with Crippen molar-refractivity contribution >= 4 is 16.9 Å². The largest absolute Gasteiger partial charge is 0.394 e. The van der Waals surface area contributed by atoms with Gasteiger partial charge < -0.3 is 25.3 Å². The fourth-order valence-electron chi connectivity index (χ4n) is 2.55. The average Bonchev–Trinajstić information content (AvgIpc) is 2.92. The number of nitrogens with zero attached hydrogens (tertiary/aromatic N) is 3. The Morgan fingerprint density at radius 2 is 2.30 bits per heavy atom. The second kappa shape index (κ2) is 4.37. The molecule has 2 aromatic heterocycles. The minimum Gasteiger partial charge on any atom is -0.394 e. The number of nitrogens with two attached hydrogens (primary N) is 1. The number of halogens is 1. The van der Waals surface area contributed by atoms with Gasteiger partial charge >= 0.3 is 0 Å². The molecule has 0 bridgehead atoms. The Balaban J connectivity index is 2.10. The zero-order chi connectivity index (χ0) is 14.5. The normalized spacial score (nSPS) is 33.9. The molecule has 0 spiro atoms. The second-order valence-corrected chi connectivity index (χ2v) is 5.06. The lowest BCUT2D eigenvalue weighted by molar-refractivity contribution is -0.0889. The number of hydrogen-bond donors (Lipinski definition) is 3. The summed E-state index contributed by atoms with van der Waals surface area (Å²) in [4.78, 5) is 7.95. The van der Waals surface area contributed by atoms with E-state index in [4.69, 9.17) is 15.6 Å². The predicted octanol–water partition coefficient (Wildman–Crippen LogP) is -0.00770. The van der Waals surface area contributed by atoms with Crippen LogP contribution in [0.2, 0.25) is 0 Å². The van der Waals surface area contributed by atoms with Crippen molar-refractivity contribution in [3.05, 3.63) is 18.6 Å². The Morgan fingerprint density at radius 1 is 1.55 bits per heavy atom. The molecule has 3 rings (SSSR count). The highest BCUT2D eigenvalue weighted by Crippen LogP contribution is 2.41. The molecule has 0 saturated carbocycles. The molecule has 20 heavy (non-hydrogen) atoms. The third-order valence-electron chi connectivity index (χ3n) is 3.66. The van der Waals surface area contributed by atoms with Crippen LogP contribution < -0.4 is 5.73 Å². The van der Waals surface area contributed by atoms with Gasteiger partial charge in [0.15, 0.2) is 12.4 Å². The molecule has 0 aliphatic carbocycles. The lowest BCUT2D eigenvalue weighted by Gasteiger charge is -2.26. The van der Waals surface area contributed by atoms with Crippen molar-refractivity contribution < 1.29 is 19.3 Å². The fourth-order valence-corrected chi connectivity index (χ4v) is 2.55. The van der Waals surface area contributed by atoms with E-state index in [1.54, 1.807) is 12.3 Å². The van der Waals surface area contributed by atoms with Crippen LogP contribution in [0.4, 0.5) is 10.2 Å². The number of rotatable bonds is 2. The van der Waals surface area contributed by atoms with E-state index in [-0.39, 0.29) is 0 Å². The number of hydrogen-bond acceptors (Lipinski definition) is 6. The van der Waals surface area contributed by atoms with Crippen LogP contribution >= 0.6 is 0 Å². The molecule has 0 amide bonds. The van der Waals surface area contributed by atoms with Crippen molar-refractivity contribution in [2.24, 2.45) is 0 Å². The first kappa shape index (κ1) is 13.2. The topological polar surface area (TPSA) is 106 Å². The molecule has 1 unspecified atom stereocenters. The summed E-state index contributed by atoms with van der Waals surface area (Å²) in [6.07, 6.45) is -0.891. The SMILES string of the molecule is CC1(O)[C@@H](F)[C@@H](CO)O[C@H]1n1ccc2c(N)ncnc21. The molecule has 4 N–H and O–H groups in total. The van der Waals surface area contributed by atoms with Gasteiger partial charge in [-0.25, -0.2) is 14.4 Å². The van der Waals surface area contributed by atoms with Crippen LogP contribution in [0.25, 0.3) is 11.0 Å². The van der Waals surface area contributed by atoms with E-state index in [0.717, 1.165) is 0 Å². The van der Waals surface area contributed by atoms with Crippen molar-refractivity contribution in [2.45, 2.75) is 31.0 Å². The van der Waals surface area contributed by atoms with Gasteiger partial charge in [0.05, 0.1) is 12.0 Å². The molecule has 7 nitrogen and oxygen atoms in total. The van der Waals surface area contributed by atoms with Gasteiger partial charge in [-0.2, -0.15) is 0 Å². The first-order valence-corrected chi connectivity index (χ1v) is 6.16. The van der Waals surface area contributed by atoms with Gasteiger partial charge in [-0.1, -0.05) is 0 Å². The van der Waals surface area contributed by atoms with E-state index in [2.05, 4.69) is 9.97 Å². The Labute approximate surface area is 113 Å². The van der Waals surface area contributed by atoms with E-state index in [1.165, 1.54) is 17.8 Å². The summed E-state index contributed by atoms with van der Waals surface area (Å²) in [5.41, 5.74) is 4.39. The molecule has 2 aromatic rings. The zero-order valence-corrected chi connectivity index (χ0v) is 10.8. The maximum absolute atomic E-state index is 14.1. The molecule has 8 heteroatoms. The highest BCUT2D eigenvalue weighted by atomic mass is 19.1. The number of fused-ring (bicyclic) bond motifs is 1. The van der Waals surface area contributed by atoms with Crippen molar-refractivity contribution in [1.82, 2.24) is 14.5 Å². The first-order chi connectivity index (χ1) is 9.46. The molecule has 1 aliphatic rings. The maximum atomic E-state index is 14.1. The van der Waals surface area contributed by atoms with Gasteiger partial charge in [0.25, 0.3) is 0 Å². The minimum atomic E-state index is -1.78. The number of ether oxygens (including phenoxy) is 1. The van der Waals surface area contributed by atoms with Crippen molar-refractivity contribution in [2.75, 3.05) is 12.3 Å². The number of anilines is 1.